The van der Waals surface area contributed by atoms with E-state index in [9.17, 15) is 0 Å². The van der Waals surface area contributed by atoms with E-state index in [1.54, 1.807) is 6.07 Å². The normalized spacial score (nSPS) is 21.4. The molecule has 0 N–H and O–H groups in total. The highest BCUT2D eigenvalue weighted by Gasteiger charge is 2.20. The third kappa shape index (κ3) is 3.01. The minimum Gasteiger partial charge on any atom is -0.471 e. The van der Waals surface area contributed by atoms with Gasteiger partial charge in [-0.15, -0.1) is 10.2 Å². The van der Waals surface area contributed by atoms with Crippen LogP contribution < -0.4 is 9.64 Å². The van der Waals surface area contributed by atoms with Gasteiger partial charge in [0, 0.05) is 24.8 Å². The Morgan fingerprint density at radius 2 is 2.20 bits per heavy atom. The number of hydrogen-bond donors (Lipinski definition) is 0. The standard InChI is InChI=1S/C12H15N5O2S/c1-8-6-9(18-7-10-15-16-12(20)19-10)14-11(13-8)17-4-2-3-5-17/h6,10H,2-5,7H2,1H3. The van der Waals surface area contributed by atoms with Gasteiger partial charge < -0.3 is 14.4 Å². The molecule has 8 heteroatoms. The first-order valence-corrected chi connectivity index (χ1v) is 6.96. The predicted molar refractivity (Wildman–Crippen MR) is 76.0 cm³/mol. The smallest absolute Gasteiger partial charge is 0.304 e. The number of azo groups is 1. The van der Waals surface area contributed by atoms with E-state index in [-0.39, 0.29) is 11.8 Å². The molecule has 0 bridgehead atoms. The molecule has 1 unspecified atom stereocenters. The van der Waals surface area contributed by atoms with Gasteiger partial charge in [0.05, 0.1) is 0 Å². The van der Waals surface area contributed by atoms with Crippen LogP contribution in [0.3, 0.4) is 0 Å². The van der Waals surface area contributed by atoms with Crippen LogP contribution in [0.4, 0.5) is 5.95 Å². The average molecular weight is 293 g/mol. The molecular formula is C12H15N5O2S. The van der Waals surface area contributed by atoms with Gasteiger partial charge in [-0.25, -0.2) is 4.98 Å². The SMILES string of the molecule is Cc1cc(OCC2N=NC(=S)O2)nc(N2CCCC2)n1. The lowest BCUT2D eigenvalue weighted by Gasteiger charge is -2.16. The molecule has 0 aliphatic carbocycles. The van der Waals surface area contributed by atoms with Crippen LogP contribution in [0.25, 0.3) is 0 Å². The lowest BCUT2D eigenvalue weighted by molar-refractivity contribution is 0.137. The van der Waals surface area contributed by atoms with Crippen molar-refractivity contribution in [2.45, 2.75) is 26.0 Å². The summed E-state index contributed by atoms with van der Waals surface area (Å²) < 4.78 is 10.8. The highest BCUT2D eigenvalue weighted by atomic mass is 32.1. The predicted octanol–water partition coefficient (Wildman–Crippen LogP) is 1.86. The van der Waals surface area contributed by atoms with Crippen molar-refractivity contribution in [2.75, 3.05) is 24.6 Å². The maximum absolute atomic E-state index is 5.60. The second kappa shape index (κ2) is 5.66. The van der Waals surface area contributed by atoms with Crippen LogP contribution in [0, 0.1) is 6.92 Å². The monoisotopic (exact) mass is 293 g/mol. The number of anilines is 1. The van der Waals surface area contributed by atoms with E-state index in [1.807, 2.05) is 6.92 Å². The quantitative estimate of drug-likeness (QED) is 0.789. The van der Waals surface area contributed by atoms with Gasteiger partial charge in [0.1, 0.15) is 6.61 Å². The lowest BCUT2D eigenvalue weighted by atomic mass is 10.4. The average Bonchev–Trinajstić information content (AvgIpc) is 3.07. The van der Waals surface area contributed by atoms with Crippen molar-refractivity contribution in [1.82, 2.24) is 9.97 Å². The summed E-state index contributed by atoms with van der Waals surface area (Å²) in [6.07, 6.45) is 1.88. The van der Waals surface area contributed by atoms with Crippen molar-refractivity contribution in [1.29, 1.82) is 0 Å². The van der Waals surface area contributed by atoms with Crippen molar-refractivity contribution in [3.8, 4) is 5.88 Å². The fourth-order valence-electron chi connectivity index (χ4n) is 2.16. The van der Waals surface area contributed by atoms with Crippen molar-refractivity contribution >= 4 is 23.3 Å². The molecule has 2 aliphatic heterocycles. The van der Waals surface area contributed by atoms with E-state index < -0.39 is 6.23 Å². The molecule has 0 amide bonds. The number of rotatable bonds is 4. The topological polar surface area (TPSA) is 72.2 Å². The Kier molecular flexibility index (Phi) is 3.72. The molecule has 1 saturated heterocycles. The Morgan fingerprint density at radius 3 is 2.90 bits per heavy atom. The van der Waals surface area contributed by atoms with Crippen molar-refractivity contribution in [2.24, 2.45) is 10.2 Å². The molecule has 106 valence electrons. The van der Waals surface area contributed by atoms with Gasteiger partial charge in [-0.1, -0.05) is 0 Å². The number of nitrogens with zero attached hydrogens (tertiary/aromatic N) is 5. The van der Waals surface area contributed by atoms with Gasteiger partial charge in [0.15, 0.2) is 0 Å². The van der Waals surface area contributed by atoms with Gasteiger partial charge in [-0.2, -0.15) is 4.98 Å². The Labute approximate surface area is 122 Å². The summed E-state index contributed by atoms with van der Waals surface area (Å²) in [5.41, 5.74) is 0.876. The molecule has 1 aromatic rings. The Hall–Kier alpha value is -1.83. The van der Waals surface area contributed by atoms with E-state index in [0.717, 1.165) is 24.7 Å². The first-order valence-electron chi connectivity index (χ1n) is 6.55. The van der Waals surface area contributed by atoms with Crippen LogP contribution in [-0.2, 0) is 4.74 Å². The molecule has 0 spiro atoms. The van der Waals surface area contributed by atoms with Crippen LogP contribution in [0.1, 0.15) is 18.5 Å². The summed E-state index contributed by atoms with van der Waals surface area (Å²) in [7, 11) is 0. The van der Waals surface area contributed by atoms with Gasteiger partial charge in [0.2, 0.25) is 18.1 Å². The molecule has 0 radical (unpaired) electrons. The van der Waals surface area contributed by atoms with Gasteiger partial charge in [0.25, 0.3) is 0 Å². The van der Waals surface area contributed by atoms with Crippen molar-refractivity contribution in [3.63, 3.8) is 0 Å². The largest absolute Gasteiger partial charge is 0.471 e. The number of hydrogen-bond acceptors (Lipinski definition) is 7. The third-order valence-corrected chi connectivity index (χ3v) is 3.26. The second-order valence-corrected chi connectivity index (χ2v) is 5.06. The lowest BCUT2D eigenvalue weighted by Crippen LogP contribution is -2.22. The zero-order valence-electron chi connectivity index (χ0n) is 11.2. The fraction of sp³-hybridized carbons (Fsp3) is 0.583. The molecule has 0 saturated carbocycles. The van der Waals surface area contributed by atoms with E-state index in [0.29, 0.717) is 5.88 Å². The van der Waals surface area contributed by atoms with Crippen LogP contribution in [-0.4, -0.2) is 41.1 Å². The third-order valence-electron chi connectivity index (χ3n) is 3.09. The molecule has 3 rings (SSSR count). The highest BCUT2D eigenvalue weighted by molar-refractivity contribution is 7.80. The summed E-state index contributed by atoms with van der Waals surface area (Å²) in [5, 5.41) is 7.63. The molecule has 1 fully saturated rings. The van der Waals surface area contributed by atoms with Crippen molar-refractivity contribution < 1.29 is 9.47 Å². The van der Waals surface area contributed by atoms with Gasteiger partial charge in [-0.3, -0.25) is 0 Å². The van der Waals surface area contributed by atoms with Crippen LogP contribution in [0.5, 0.6) is 5.88 Å². The van der Waals surface area contributed by atoms with Crippen LogP contribution >= 0.6 is 12.2 Å². The maximum atomic E-state index is 5.60. The first-order chi connectivity index (χ1) is 9.70. The Balaban J connectivity index is 1.66. The molecule has 3 heterocycles. The zero-order chi connectivity index (χ0) is 13.9. The molecule has 2 aliphatic rings. The number of aryl methyl sites for hydroxylation is 1. The van der Waals surface area contributed by atoms with Gasteiger partial charge >= 0.3 is 5.17 Å². The van der Waals surface area contributed by atoms with Gasteiger partial charge in [-0.05, 0) is 32.0 Å². The minimum atomic E-state index is -0.479. The molecule has 20 heavy (non-hydrogen) atoms. The first kappa shape index (κ1) is 13.2. The molecule has 1 aromatic heterocycles. The highest BCUT2D eigenvalue weighted by Crippen LogP contribution is 2.20. The van der Waals surface area contributed by atoms with E-state index in [2.05, 4.69) is 25.1 Å². The summed E-state index contributed by atoms with van der Waals surface area (Å²) >= 11 is 4.77. The molecule has 7 nitrogen and oxygen atoms in total. The summed E-state index contributed by atoms with van der Waals surface area (Å²) in [5.74, 6) is 1.25. The number of ether oxygens (including phenoxy) is 2. The minimum absolute atomic E-state index is 0.148. The number of aromatic nitrogens is 2. The fourth-order valence-corrected chi connectivity index (χ4v) is 2.31. The Morgan fingerprint density at radius 1 is 1.40 bits per heavy atom. The molecule has 0 aromatic carbocycles. The van der Waals surface area contributed by atoms with Crippen LogP contribution in [0.15, 0.2) is 16.3 Å². The summed E-state index contributed by atoms with van der Waals surface area (Å²) in [6.45, 7) is 4.16. The zero-order valence-corrected chi connectivity index (χ0v) is 12.0. The number of thiocarbonyl (C=S) groups is 1. The van der Waals surface area contributed by atoms with E-state index >= 15 is 0 Å². The Bertz CT molecular complexity index is 545. The second-order valence-electron chi connectivity index (χ2n) is 4.71. The summed E-state index contributed by atoms with van der Waals surface area (Å²) in [6, 6.07) is 1.80. The molecular weight excluding hydrogens is 278 g/mol. The van der Waals surface area contributed by atoms with Crippen molar-refractivity contribution in [3.05, 3.63) is 11.8 Å². The maximum Gasteiger partial charge on any atom is 0.304 e. The summed E-state index contributed by atoms with van der Waals surface area (Å²) in [4.78, 5) is 11.0. The van der Waals surface area contributed by atoms with Crippen LogP contribution in [0.2, 0.25) is 0 Å². The van der Waals surface area contributed by atoms with E-state index in [4.69, 9.17) is 21.7 Å². The van der Waals surface area contributed by atoms with E-state index in [1.165, 1.54) is 12.8 Å². The molecule has 1 atom stereocenters.